The normalized spacial score (nSPS) is 17.2. The number of hydrogen-bond acceptors (Lipinski definition) is 4. The van der Waals surface area contributed by atoms with Gasteiger partial charge in [0.25, 0.3) is 0 Å². The molecule has 0 aliphatic carbocycles. The SMILES string of the molecule is Cc1oc(-c2cccs2)nc1CC(=O)N1CCCC1c1ccccc1. The van der Waals surface area contributed by atoms with E-state index in [-0.39, 0.29) is 11.9 Å². The van der Waals surface area contributed by atoms with Crippen molar-refractivity contribution in [3.05, 3.63) is 64.9 Å². The molecule has 0 spiro atoms. The first-order valence-electron chi connectivity index (χ1n) is 8.57. The van der Waals surface area contributed by atoms with Crippen LogP contribution in [0.3, 0.4) is 0 Å². The lowest BCUT2D eigenvalue weighted by atomic mass is 10.0. The number of thiophene rings is 1. The lowest BCUT2D eigenvalue weighted by Crippen LogP contribution is -2.32. The quantitative estimate of drug-likeness (QED) is 0.688. The fourth-order valence-electron chi connectivity index (χ4n) is 3.43. The third-order valence-corrected chi connectivity index (χ3v) is 5.56. The highest BCUT2D eigenvalue weighted by Gasteiger charge is 2.30. The molecule has 128 valence electrons. The third kappa shape index (κ3) is 3.24. The van der Waals surface area contributed by atoms with Gasteiger partial charge in [-0.25, -0.2) is 4.98 Å². The van der Waals surface area contributed by atoms with E-state index >= 15 is 0 Å². The first-order chi connectivity index (χ1) is 12.2. The zero-order valence-corrected chi connectivity index (χ0v) is 15.0. The fourth-order valence-corrected chi connectivity index (χ4v) is 4.08. The summed E-state index contributed by atoms with van der Waals surface area (Å²) < 4.78 is 5.76. The molecule has 0 bridgehead atoms. The molecule has 0 radical (unpaired) electrons. The van der Waals surface area contributed by atoms with Gasteiger partial charge >= 0.3 is 0 Å². The Bertz CT molecular complexity index is 855. The van der Waals surface area contributed by atoms with Gasteiger partial charge < -0.3 is 9.32 Å². The molecule has 4 rings (SSSR count). The number of aromatic nitrogens is 1. The Kier molecular flexibility index (Phi) is 4.40. The van der Waals surface area contributed by atoms with E-state index in [1.54, 1.807) is 11.3 Å². The van der Waals surface area contributed by atoms with Crippen molar-refractivity contribution in [3.8, 4) is 10.8 Å². The lowest BCUT2D eigenvalue weighted by Gasteiger charge is -2.25. The van der Waals surface area contributed by atoms with Crippen molar-refractivity contribution in [2.24, 2.45) is 0 Å². The first-order valence-corrected chi connectivity index (χ1v) is 9.45. The second-order valence-corrected chi connectivity index (χ2v) is 7.28. The maximum atomic E-state index is 12.9. The molecule has 3 heterocycles. The summed E-state index contributed by atoms with van der Waals surface area (Å²) in [5.41, 5.74) is 1.96. The molecule has 1 saturated heterocycles. The molecular formula is C20H20N2O2S. The van der Waals surface area contributed by atoms with E-state index in [0.717, 1.165) is 35.7 Å². The van der Waals surface area contributed by atoms with Crippen LogP contribution < -0.4 is 0 Å². The molecule has 1 aliphatic heterocycles. The molecule has 4 nitrogen and oxygen atoms in total. The number of likely N-dealkylation sites (tertiary alicyclic amines) is 1. The van der Waals surface area contributed by atoms with E-state index in [9.17, 15) is 4.79 Å². The van der Waals surface area contributed by atoms with Crippen LogP contribution in [-0.2, 0) is 11.2 Å². The van der Waals surface area contributed by atoms with Gasteiger partial charge in [0.2, 0.25) is 11.8 Å². The molecule has 1 amide bonds. The second kappa shape index (κ2) is 6.84. The summed E-state index contributed by atoms with van der Waals surface area (Å²) in [4.78, 5) is 20.4. The van der Waals surface area contributed by atoms with E-state index in [1.165, 1.54) is 5.56 Å². The van der Waals surface area contributed by atoms with Crippen LogP contribution in [0.2, 0.25) is 0 Å². The van der Waals surface area contributed by atoms with Gasteiger partial charge in [0, 0.05) is 6.54 Å². The van der Waals surface area contributed by atoms with Crippen LogP contribution in [0.25, 0.3) is 10.8 Å². The number of nitrogens with zero attached hydrogens (tertiary/aromatic N) is 2. The first kappa shape index (κ1) is 16.1. The molecule has 25 heavy (non-hydrogen) atoms. The van der Waals surface area contributed by atoms with Crippen molar-refractivity contribution >= 4 is 17.2 Å². The van der Waals surface area contributed by atoms with Gasteiger partial charge in [0.05, 0.1) is 23.0 Å². The van der Waals surface area contributed by atoms with Crippen LogP contribution in [0.1, 0.15) is 35.9 Å². The molecule has 5 heteroatoms. The number of carbonyl (C=O) groups excluding carboxylic acids is 1. The summed E-state index contributed by atoms with van der Waals surface area (Å²) >= 11 is 1.59. The Morgan fingerprint density at radius 3 is 2.88 bits per heavy atom. The van der Waals surface area contributed by atoms with Crippen LogP contribution in [-0.4, -0.2) is 22.3 Å². The Morgan fingerprint density at radius 1 is 1.28 bits per heavy atom. The Labute approximate surface area is 151 Å². The lowest BCUT2D eigenvalue weighted by molar-refractivity contribution is -0.131. The van der Waals surface area contributed by atoms with E-state index in [2.05, 4.69) is 17.1 Å². The van der Waals surface area contributed by atoms with Crippen LogP contribution in [0, 0.1) is 6.92 Å². The molecule has 0 N–H and O–H groups in total. The summed E-state index contributed by atoms with van der Waals surface area (Å²) in [7, 11) is 0. The highest BCUT2D eigenvalue weighted by Crippen LogP contribution is 2.33. The monoisotopic (exact) mass is 352 g/mol. The van der Waals surface area contributed by atoms with E-state index in [0.29, 0.717) is 12.3 Å². The zero-order valence-electron chi connectivity index (χ0n) is 14.1. The van der Waals surface area contributed by atoms with Gasteiger partial charge in [-0.1, -0.05) is 36.4 Å². The van der Waals surface area contributed by atoms with Crippen molar-refractivity contribution in [1.29, 1.82) is 0 Å². The number of carbonyl (C=O) groups is 1. The van der Waals surface area contributed by atoms with E-state index in [4.69, 9.17) is 4.42 Å². The standard InChI is InChI=1S/C20H20N2O2S/c1-14-16(21-20(24-14)18-10-6-12-25-18)13-19(23)22-11-5-9-17(22)15-7-3-2-4-8-15/h2-4,6-8,10,12,17H,5,9,11,13H2,1H3. The zero-order chi connectivity index (χ0) is 17.2. The summed E-state index contributed by atoms with van der Waals surface area (Å²) in [6, 6.07) is 14.4. The van der Waals surface area contributed by atoms with Crippen LogP contribution >= 0.6 is 11.3 Å². The maximum absolute atomic E-state index is 12.9. The minimum absolute atomic E-state index is 0.125. The average Bonchev–Trinajstić information content (AvgIpc) is 3.37. The van der Waals surface area contributed by atoms with Gasteiger partial charge in [-0.05, 0) is 36.8 Å². The van der Waals surface area contributed by atoms with Crippen LogP contribution in [0.5, 0.6) is 0 Å². The summed E-state index contributed by atoms with van der Waals surface area (Å²) in [6.07, 6.45) is 2.36. The minimum Gasteiger partial charge on any atom is -0.440 e. The highest BCUT2D eigenvalue weighted by molar-refractivity contribution is 7.13. The van der Waals surface area contributed by atoms with Crippen LogP contribution in [0.4, 0.5) is 0 Å². The van der Waals surface area contributed by atoms with Crippen molar-refractivity contribution in [1.82, 2.24) is 9.88 Å². The fraction of sp³-hybridized carbons (Fsp3) is 0.300. The molecule has 2 aromatic heterocycles. The number of amides is 1. The van der Waals surface area contributed by atoms with E-state index in [1.807, 2.05) is 47.5 Å². The minimum atomic E-state index is 0.125. The summed E-state index contributed by atoms with van der Waals surface area (Å²) in [5.74, 6) is 1.46. The van der Waals surface area contributed by atoms with Gasteiger partial charge in [-0.3, -0.25) is 4.79 Å². The Balaban J connectivity index is 1.52. The van der Waals surface area contributed by atoms with Crippen molar-refractivity contribution < 1.29 is 9.21 Å². The summed E-state index contributed by atoms with van der Waals surface area (Å²) in [6.45, 7) is 2.69. The van der Waals surface area contributed by atoms with Gasteiger partial charge in [-0.15, -0.1) is 11.3 Å². The van der Waals surface area contributed by atoms with Crippen molar-refractivity contribution in [2.75, 3.05) is 6.54 Å². The predicted molar refractivity (Wildman–Crippen MR) is 98.4 cm³/mol. The highest BCUT2D eigenvalue weighted by atomic mass is 32.1. The second-order valence-electron chi connectivity index (χ2n) is 6.33. The van der Waals surface area contributed by atoms with Crippen LogP contribution in [0.15, 0.2) is 52.3 Å². The topological polar surface area (TPSA) is 46.3 Å². The average molecular weight is 352 g/mol. The molecule has 1 fully saturated rings. The number of hydrogen-bond donors (Lipinski definition) is 0. The smallest absolute Gasteiger partial charge is 0.236 e. The number of rotatable bonds is 4. The third-order valence-electron chi connectivity index (χ3n) is 4.70. The molecule has 0 saturated carbocycles. The van der Waals surface area contributed by atoms with Gasteiger partial charge in [0.15, 0.2) is 0 Å². The molecular weight excluding hydrogens is 332 g/mol. The number of oxazole rings is 1. The van der Waals surface area contributed by atoms with Crippen molar-refractivity contribution in [3.63, 3.8) is 0 Å². The van der Waals surface area contributed by atoms with Gasteiger partial charge in [-0.2, -0.15) is 0 Å². The van der Waals surface area contributed by atoms with E-state index < -0.39 is 0 Å². The van der Waals surface area contributed by atoms with Crippen molar-refractivity contribution in [2.45, 2.75) is 32.2 Å². The molecule has 1 atom stereocenters. The number of aryl methyl sites for hydroxylation is 1. The predicted octanol–water partition coefficient (Wildman–Crippen LogP) is 4.62. The molecule has 1 aliphatic rings. The Morgan fingerprint density at radius 2 is 2.12 bits per heavy atom. The Hall–Kier alpha value is -2.40. The number of benzene rings is 1. The molecule has 1 unspecified atom stereocenters. The molecule has 1 aromatic carbocycles. The summed E-state index contributed by atoms with van der Waals surface area (Å²) in [5, 5.41) is 1.99. The van der Waals surface area contributed by atoms with Gasteiger partial charge in [0.1, 0.15) is 5.76 Å². The molecule has 3 aromatic rings. The maximum Gasteiger partial charge on any atom is 0.236 e. The largest absolute Gasteiger partial charge is 0.440 e.